The van der Waals surface area contributed by atoms with Gasteiger partial charge in [-0.3, -0.25) is 14.5 Å². The molecule has 0 unspecified atom stereocenters. The third-order valence-corrected chi connectivity index (χ3v) is 8.19. The lowest BCUT2D eigenvalue weighted by Gasteiger charge is -2.16. The Kier molecular flexibility index (Phi) is 9.95. The molecule has 0 aromatic heterocycles. The highest BCUT2D eigenvalue weighted by molar-refractivity contribution is 8.19. The molecule has 1 N–H and O–H groups in total. The molecule has 0 aliphatic carbocycles. The summed E-state index contributed by atoms with van der Waals surface area (Å²) in [4.78, 5) is 33.2. The molecule has 0 atom stereocenters. The number of amidine groups is 1. The fourth-order valence-electron chi connectivity index (χ4n) is 4.27. The molecule has 4 aromatic rings. The van der Waals surface area contributed by atoms with E-state index in [2.05, 4.69) is 5.32 Å². The van der Waals surface area contributed by atoms with Gasteiger partial charge in [-0.1, -0.05) is 64.7 Å². The van der Waals surface area contributed by atoms with Gasteiger partial charge in [0.1, 0.15) is 0 Å². The predicted octanol–water partition coefficient (Wildman–Crippen LogP) is 8.84. The second-order valence-corrected chi connectivity index (χ2v) is 11.7. The quantitative estimate of drug-likeness (QED) is 0.184. The summed E-state index contributed by atoms with van der Waals surface area (Å²) in [6.07, 6.45) is 1.80. The summed E-state index contributed by atoms with van der Waals surface area (Å²) in [6.45, 7) is 6.01. The highest BCUT2D eigenvalue weighted by atomic mass is 35.5. The van der Waals surface area contributed by atoms with E-state index in [0.29, 0.717) is 43.9 Å². The lowest BCUT2D eigenvalue weighted by molar-refractivity contribution is -0.118. The molecule has 5 rings (SSSR count). The molecule has 1 fully saturated rings. The van der Waals surface area contributed by atoms with Crippen molar-refractivity contribution < 1.29 is 19.1 Å². The van der Waals surface area contributed by atoms with E-state index >= 15 is 0 Å². The Labute approximate surface area is 270 Å². The van der Waals surface area contributed by atoms with Crippen molar-refractivity contribution in [2.24, 2.45) is 4.99 Å². The molecule has 10 heteroatoms. The lowest BCUT2D eigenvalue weighted by atomic mass is 10.1. The van der Waals surface area contributed by atoms with Gasteiger partial charge in [-0.2, -0.15) is 0 Å². The number of benzene rings is 4. The fourth-order valence-corrected chi connectivity index (χ4v) is 5.57. The van der Waals surface area contributed by atoms with Gasteiger partial charge in [-0.15, -0.1) is 0 Å². The van der Waals surface area contributed by atoms with Crippen molar-refractivity contribution in [2.45, 2.75) is 20.8 Å². The van der Waals surface area contributed by atoms with E-state index in [-0.39, 0.29) is 18.4 Å². The first-order chi connectivity index (χ1) is 21.2. The average molecular weight is 647 g/mol. The number of halogens is 2. The summed E-state index contributed by atoms with van der Waals surface area (Å²) in [5.74, 6) is 0.290. The van der Waals surface area contributed by atoms with Crippen LogP contribution >= 0.6 is 35.0 Å². The van der Waals surface area contributed by atoms with E-state index in [1.165, 1.54) is 11.8 Å². The summed E-state index contributed by atoms with van der Waals surface area (Å²) in [7, 11) is 0. The number of nitrogens with zero attached hydrogens (tertiary/aromatic N) is 2. The summed E-state index contributed by atoms with van der Waals surface area (Å²) >= 11 is 13.3. The fraction of sp³-hybridized carbons (Fsp3) is 0.147. The summed E-state index contributed by atoms with van der Waals surface area (Å²) in [5.41, 5.74) is 4.96. The van der Waals surface area contributed by atoms with Gasteiger partial charge >= 0.3 is 0 Å². The van der Waals surface area contributed by atoms with Gasteiger partial charge in [0, 0.05) is 5.69 Å². The molecule has 0 spiro atoms. The van der Waals surface area contributed by atoms with Crippen LogP contribution in [0.1, 0.15) is 23.6 Å². The maximum Gasteiger partial charge on any atom is 0.271 e. The van der Waals surface area contributed by atoms with Crippen molar-refractivity contribution >= 4 is 75.1 Å². The number of aliphatic imine (C=N–C) groups is 1. The van der Waals surface area contributed by atoms with E-state index in [9.17, 15) is 9.59 Å². The Morgan fingerprint density at radius 1 is 0.886 bits per heavy atom. The van der Waals surface area contributed by atoms with Gasteiger partial charge < -0.3 is 14.8 Å². The normalized spacial score (nSPS) is 14.8. The van der Waals surface area contributed by atoms with Gasteiger partial charge in [0.05, 0.1) is 32.9 Å². The molecule has 224 valence electrons. The smallest absolute Gasteiger partial charge is 0.271 e. The third kappa shape index (κ3) is 7.63. The highest BCUT2D eigenvalue weighted by Crippen LogP contribution is 2.38. The minimum absolute atomic E-state index is 0.179. The Morgan fingerprint density at radius 2 is 1.59 bits per heavy atom. The van der Waals surface area contributed by atoms with Crippen molar-refractivity contribution in [2.75, 3.05) is 23.4 Å². The Bertz CT molecular complexity index is 1760. The van der Waals surface area contributed by atoms with E-state index in [1.807, 2.05) is 69.3 Å². The van der Waals surface area contributed by atoms with Crippen LogP contribution in [0.4, 0.5) is 17.1 Å². The van der Waals surface area contributed by atoms with Gasteiger partial charge in [0.25, 0.3) is 11.8 Å². The molecule has 1 aliphatic rings. The summed E-state index contributed by atoms with van der Waals surface area (Å²) in [5, 5.41) is 4.02. The van der Waals surface area contributed by atoms with Crippen molar-refractivity contribution in [3.8, 4) is 11.5 Å². The van der Waals surface area contributed by atoms with E-state index in [1.54, 1.807) is 47.4 Å². The largest absolute Gasteiger partial charge is 0.490 e. The van der Waals surface area contributed by atoms with E-state index in [0.717, 1.165) is 28.1 Å². The number of amides is 2. The van der Waals surface area contributed by atoms with Gasteiger partial charge in [0.2, 0.25) is 0 Å². The summed E-state index contributed by atoms with van der Waals surface area (Å²) < 4.78 is 11.6. The zero-order chi connectivity index (χ0) is 31.2. The molecule has 44 heavy (non-hydrogen) atoms. The molecular formula is C34H29Cl2N3O4S. The number of carbonyl (C=O) groups excluding carboxylic acids is 2. The van der Waals surface area contributed by atoms with Crippen LogP contribution in [0.25, 0.3) is 6.08 Å². The monoisotopic (exact) mass is 645 g/mol. The van der Waals surface area contributed by atoms with Gasteiger partial charge in [-0.25, -0.2) is 4.99 Å². The number of hydrogen-bond donors (Lipinski definition) is 1. The number of nitrogens with one attached hydrogen (secondary N) is 1. The standard InChI is InChI=1S/C34H29Cl2N3O4S/c1-4-42-30-17-23(9-16-29(30)43-20-32(40)37-25-12-15-27(35)28(36)19-25)18-31-33(41)39(26-13-7-22(3)8-14-26)34(44-31)38-24-10-5-21(2)6-11-24/h5-19H,4,20H2,1-3H3,(H,37,40)/b31-18+,38-34?. The van der Waals surface area contributed by atoms with Gasteiger partial charge in [-0.05, 0) is 98.8 Å². The maximum absolute atomic E-state index is 13.7. The zero-order valence-electron chi connectivity index (χ0n) is 24.3. The average Bonchev–Trinajstić information content (AvgIpc) is 3.30. The molecule has 0 saturated carbocycles. The van der Waals surface area contributed by atoms with Gasteiger partial charge in [0.15, 0.2) is 23.3 Å². The van der Waals surface area contributed by atoms with Crippen molar-refractivity contribution in [3.05, 3.63) is 117 Å². The van der Waals surface area contributed by atoms with Crippen molar-refractivity contribution in [3.63, 3.8) is 0 Å². The topological polar surface area (TPSA) is 80.2 Å². The molecule has 1 aliphatic heterocycles. The molecular weight excluding hydrogens is 617 g/mol. The number of rotatable bonds is 9. The molecule has 1 saturated heterocycles. The van der Waals surface area contributed by atoms with Crippen LogP contribution in [-0.4, -0.2) is 30.2 Å². The summed E-state index contributed by atoms with van der Waals surface area (Å²) in [6, 6.07) is 25.7. The lowest BCUT2D eigenvalue weighted by Crippen LogP contribution is -2.28. The highest BCUT2D eigenvalue weighted by Gasteiger charge is 2.34. The van der Waals surface area contributed by atoms with E-state index < -0.39 is 0 Å². The SMILES string of the molecule is CCOc1cc(/C=C2/SC(=Nc3ccc(C)cc3)N(c3ccc(C)cc3)C2=O)ccc1OCC(=O)Nc1ccc(Cl)c(Cl)c1. The number of anilines is 2. The minimum Gasteiger partial charge on any atom is -0.490 e. The zero-order valence-corrected chi connectivity index (χ0v) is 26.6. The van der Waals surface area contributed by atoms with Crippen LogP contribution in [0.2, 0.25) is 10.0 Å². The van der Waals surface area contributed by atoms with Crippen molar-refractivity contribution in [1.29, 1.82) is 0 Å². The predicted molar refractivity (Wildman–Crippen MR) is 181 cm³/mol. The minimum atomic E-state index is -0.374. The van der Waals surface area contributed by atoms with Crippen LogP contribution < -0.4 is 19.7 Å². The van der Waals surface area contributed by atoms with Crippen molar-refractivity contribution in [1.82, 2.24) is 0 Å². The Morgan fingerprint density at radius 3 is 2.27 bits per heavy atom. The number of hydrogen-bond acceptors (Lipinski definition) is 6. The molecule has 0 radical (unpaired) electrons. The number of ether oxygens (including phenoxy) is 2. The van der Waals surface area contributed by atoms with Crippen LogP contribution in [0, 0.1) is 13.8 Å². The van der Waals surface area contributed by atoms with Crippen LogP contribution in [0.5, 0.6) is 11.5 Å². The molecule has 1 heterocycles. The first-order valence-electron chi connectivity index (χ1n) is 13.8. The number of aryl methyl sites for hydroxylation is 2. The second-order valence-electron chi connectivity index (χ2n) is 9.92. The van der Waals surface area contributed by atoms with Crippen LogP contribution in [0.3, 0.4) is 0 Å². The van der Waals surface area contributed by atoms with Crippen LogP contribution in [-0.2, 0) is 9.59 Å². The maximum atomic E-state index is 13.7. The molecule has 4 aromatic carbocycles. The molecule has 7 nitrogen and oxygen atoms in total. The molecule has 0 bridgehead atoms. The number of thioether (sulfide) groups is 1. The third-order valence-electron chi connectivity index (χ3n) is 6.48. The first kappa shape index (κ1) is 31.2. The van der Waals surface area contributed by atoms with E-state index in [4.69, 9.17) is 37.7 Å². The Balaban J connectivity index is 1.37. The molecule has 2 amide bonds. The second kappa shape index (κ2) is 14.0. The number of carbonyl (C=O) groups is 2. The Hall–Kier alpha value is -4.24. The first-order valence-corrected chi connectivity index (χ1v) is 15.4. The van der Waals surface area contributed by atoms with Crippen LogP contribution in [0.15, 0.2) is 94.8 Å².